The molecule has 5 nitrogen and oxygen atoms in total. The zero-order valence-electron chi connectivity index (χ0n) is 9.02. The van der Waals surface area contributed by atoms with Crippen LogP contribution >= 0.6 is 15.9 Å². The first-order valence-corrected chi connectivity index (χ1v) is 6.06. The Morgan fingerprint density at radius 2 is 1.94 bits per heavy atom. The van der Waals surface area contributed by atoms with Gasteiger partial charge in [0.15, 0.2) is 0 Å². The van der Waals surface area contributed by atoms with Crippen molar-refractivity contribution in [3.05, 3.63) is 39.4 Å². The summed E-state index contributed by atoms with van der Waals surface area (Å²) in [6.07, 6.45) is -2.81. The van der Waals surface area contributed by atoms with Crippen molar-refractivity contribution in [2.75, 3.05) is 5.33 Å². The number of nitro benzene ring substituents is 1. The van der Waals surface area contributed by atoms with Gasteiger partial charge < -0.3 is 10.2 Å². The predicted molar refractivity (Wildman–Crippen MR) is 62.4 cm³/mol. The number of benzene rings is 1. The second-order valence-electron chi connectivity index (χ2n) is 3.57. The maximum Gasteiger partial charge on any atom is 0.307 e. The van der Waals surface area contributed by atoms with E-state index in [4.69, 9.17) is 0 Å². The van der Waals surface area contributed by atoms with Crippen molar-refractivity contribution in [3.8, 4) is 0 Å². The first-order valence-electron chi connectivity index (χ1n) is 4.94. The largest absolute Gasteiger partial charge is 0.390 e. The van der Waals surface area contributed by atoms with Gasteiger partial charge in [-0.15, -0.1) is 0 Å². The minimum absolute atomic E-state index is 0.124. The first-order chi connectivity index (χ1) is 8.38. The molecule has 8 heteroatoms. The highest BCUT2D eigenvalue weighted by atomic mass is 79.9. The summed E-state index contributed by atoms with van der Waals surface area (Å²) >= 11 is 3.03. The normalized spacial score (nSPS) is 14.3. The predicted octanol–water partition coefficient (Wildman–Crippen LogP) is 2.05. The van der Waals surface area contributed by atoms with Gasteiger partial charge in [-0.3, -0.25) is 10.1 Å². The van der Waals surface area contributed by atoms with Crippen LogP contribution in [0.2, 0.25) is 0 Å². The number of hydrogen-bond donors (Lipinski definition) is 2. The maximum atomic E-state index is 13.5. The van der Waals surface area contributed by atoms with Crippen molar-refractivity contribution < 1.29 is 23.9 Å². The lowest BCUT2D eigenvalue weighted by Gasteiger charge is -2.17. The summed E-state index contributed by atoms with van der Waals surface area (Å²) in [4.78, 5) is 9.31. The zero-order valence-corrected chi connectivity index (χ0v) is 10.6. The van der Waals surface area contributed by atoms with Gasteiger partial charge in [-0.25, -0.2) is 4.39 Å². The molecule has 0 aliphatic carbocycles. The van der Waals surface area contributed by atoms with Crippen LogP contribution in [0.1, 0.15) is 18.1 Å². The van der Waals surface area contributed by atoms with Gasteiger partial charge in [0.2, 0.25) is 5.82 Å². The van der Waals surface area contributed by atoms with E-state index in [-0.39, 0.29) is 6.42 Å². The first kappa shape index (κ1) is 14.9. The summed E-state index contributed by atoms with van der Waals surface area (Å²) in [5.41, 5.74) is -1.52. The molecule has 100 valence electrons. The lowest BCUT2D eigenvalue weighted by Crippen LogP contribution is -2.20. The Bertz CT molecular complexity index is 458. The minimum atomic E-state index is -1.64. The highest BCUT2D eigenvalue weighted by molar-refractivity contribution is 9.09. The van der Waals surface area contributed by atoms with Gasteiger partial charge in [-0.1, -0.05) is 15.9 Å². The van der Waals surface area contributed by atoms with Gasteiger partial charge in [0, 0.05) is 10.9 Å². The fourth-order valence-electron chi connectivity index (χ4n) is 1.40. The Balaban J connectivity index is 3.11. The lowest BCUT2D eigenvalue weighted by molar-refractivity contribution is -0.387. The summed E-state index contributed by atoms with van der Waals surface area (Å²) in [5.74, 6) is -2.40. The van der Waals surface area contributed by atoms with Crippen molar-refractivity contribution in [1.82, 2.24) is 0 Å². The third kappa shape index (κ3) is 3.21. The molecule has 0 spiro atoms. The molecule has 18 heavy (non-hydrogen) atoms. The molecule has 1 rings (SSSR count). The quantitative estimate of drug-likeness (QED) is 0.493. The number of nitrogens with zero attached hydrogens (tertiary/aromatic N) is 1. The van der Waals surface area contributed by atoms with E-state index in [0.29, 0.717) is 17.5 Å². The molecule has 2 atom stereocenters. The van der Waals surface area contributed by atoms with Crippen LogP contribution < -0.4 is 0 Å². The summed E-state index contributed by atoms with van der Waals surface area (Å²) < 4.78 is 26.8. The van der Waals surface area contributed by atoms with E-state index < -0.39 is 40.0 Å². The van der Waals surface area contributed by atoms with E-state index in [1.165, 1.54) is 0 Å². The van der Waals surface area contributed by atoms with E-state index >= 15 is 0 Å². The van der Waals surface area contributed by atoms with Crippen LogP contribution in [0.4, 0.5) is 14.5 Å². The van der Waals surface area contributed by atoms with E-state index in [1.807, 2.05) is 0 Å². The van der Waals surface area contributed by atoms with Crippen molar-refractivity contribution in [3.63, 3.8) is 0 Å². The van der Waals surface area contributed by atoms with Gasteiger partial charge in [0.1, 0.15) is 11.9 Å². The number of halogens is 3. The molecule has 1 aromatic rings. The molecule has 2 N–H and O–H groups in total. The van der Waals surface area contributed by atoms with Crippen LogP contribution in [0.3, 0.4) is 0 Å². The Hall–Kier alpha value is -1.12. The Kier molecular flexibility index (Phi) is 5.12. The van der Waals surface area contributed by atoms with E-state index in [1.54, 1.807) is 0 Å². The summed E-state index contributed by atoms with van der Waals surface area (Å²) in [6, 6.07) is 0.907. The number of aliphatic hydroxyl groups is 2. The number of rotatable bonds is 5. The second kappa shape index (κ2) is 6.17. The Morgan fingerprint density at radius 3 is 2.44 bits per heavy atom. The average Bonchev–Trinajstić information content (AvgIpc) is 2.30. The van der Waals surface area contributed by atoms with Crippen molar-refractivity contribution >= 4 is 21.6 Å². The second-order valence-corrected chi connectivity index (χ2v) is 4.37. The maximum absolute atomic E-state index is 13.5. The van der Waals surface area contributed by atoms with Crippen LogP contribution in [-0.2, 0) is 0 Å². The monoisotopic (exact) mass is 325 g/mol. The molecule has 0 aliphatic rings. The summed E-state index contributed by atoms with van der Waals surface area (Å²) in [7, 11) is 0. The molecule has 0 radical (unpaired) electrons. The van der Waals surface area contributed by atoms with Crippen LogP contribution in [-0.4, -0.2) is 26.6 Å². The van der Waals surface area contributed by atoms with Crippen LogP contribution in [0.15, 0.2) is 12.1 Å². The van der Waals surface area contributed by atoms with Crippen molar-refractivity contribution in [1.29, 1.82) is 0 Å². The van der Waals surface area contributed by atoms with Gasteiger partial charge >= 0.3 is 5.69 Å². The van der Waals surface area contributed by atoms with Crippen molar-refractivity contribution in [2.24, 2.45) is 0 Å². The smallest absolute Gasteiger partial charge is 0.307 e. The van der Waals surface area contributed by atoms with Crippen LogP contribution in [0.25, 0.3) is 0 Å². The third-order valence-corrected chi connectivity index (χ3v) is 2.81. The summed E-state index contributed by atoms with van der Waals surface area (Å²) in [6.45, 7) is 0. The molecular formula is C10H10BrF2NO4. The molecule has 0 fully saturated rings. The number of aliphatic hydroxyl groups excluding tert-OH is 2. The lowest BCUT2D eigenvalue weighted by atomic mass is 10.0. The van der Waals surface area contributed by atoms with E-state index in [9.17, 15) is 29.1 Å². The molecule has 0 aromatic heterocycles. The van der Waals surface area contributed by atoms with Crippen LogP contribution in [0, 0.1) is 21.7 Å². The zero-order chi connectivity index (χ0) is 13.9. The molecule has 0 bridgehead atoms. The molecule has 1 aromatic carbocycles. The molecule has 0 aliphatic heterocycles. The number of nitro groups is 1. The van der Waals surface area contributed by atoms with E-state index in [2.05, 4.69) is 15.9 Å². The molecular weight excluding hydrogens is 316 g/mol. The molecule has 0 amide bonds. The number of hydrogen-bond acceptors (Lipinski definition) is 4. The fourth-order valence-corrected chi connectivity index (χ4v) is 1.86. The fraction of sp³-hybridized carbons (Fsp3) is 0.400. The molecule has 0 saturated carbocycles. The molecule has 2 unspecified atom stereocenters. The van der Waals surface area contributed by atoms with Gasteiger partial charge in [0.25, 0.3) is 0 Å². The number of alkyl halides is 1. The van der Waals surface area contributed by atoms with Gasteiger partial charge in [0.05, 0.1) is 17.1 Å². The van der Waals surface area contributed by atoms with Gasteiger partial charge in [-0.2, -0.15) is 4.39 Å². The highest BCUT2D eigenvalue weighted by Crippen LogP contribution is 2.28. The minimum Gasteiger partial charge on any atom is -0.390 e. The Labute approximate surface area is 109 Å². The van der Waals surface area contributed by atoms with E-state index in [0.717, 1.165) is 0 Å². The summed E-state index contributed by atoms with van der Waals surface area (Å²) in [5, 5.41) is 29.8. The van der Waals surface area contributed by atoms with Crippen molar-refractivity contribution in [2.45, 2.75) is 18.6 Å². The highest BCUT2D eigenvalue weighted by Gasteiger charge is 2.26. The average molecular weight is 326 g/mol. The topological polar surface area (TPSA) is 83.6 Å². The van der Waals surface area contributed by atoms with Gasteiger partial charge in [-0.05, 0) is 12.5 Å². The molecule has 0 saturated heterocycles. The standard InChI is InChI=1S/C10H10BrF2NO4/c11-2-1-9(15)10(16)5-3-7(13)8(14(17)18)4-6(5)12/h3-4,9-10,15-16H,1-2H2. The van der Waals surface area contributed by atoms with Crippen LogP contribution in [0.5, 0.6) is 0 Å². The third-order valence-electron chi connectivity index (χ3n) is 2.35. The SMILES string of the molecule is O=[N+]([O-])c1cc(F)c(C(O)C(O)CCBr)cc1F. The molecule has 0 heterocycles. The Morgan fingerprint density at radius 1 is 1.33 bits per heavy atom.